The molecule has 0 radical (unpaired) electrons. The molecule has 1 heterocycles. The van der Waals surface area contributed by atoms with Gasteiger partial charge in [-0.3, -0.25) is 10.1 Å². The van der Waals surface area contributed by atoms with Crippen LogP contribution in [0.3, 0.4) is 0 Å². The van der Waals surface area contributed by atoms with Crippen LogP contribution in [0.5, 0.6) is 0 Å². The lowest BCUT2D eigenvalue weighted by Gasteiger charge is -2.60. The normalized spacial score (nSPS) is 31.0. The average Bonchev–Trinajstić information content (AvgIpc) is 2.45. The second-order valence-corrected chi connectivity index (χ2v) is 6.32. The molecule has 0 amide bonds. The largest absolute Gasteiger partial charge is 0.377 e. The summed E-state index contributed by atoms with van der Waals surface area (Å²) in [6.45, 7) is 5.18. The first-order valence-corrected chi connectivity index (χ1v) is 7.13. The predicted octanol–water partition coefficient (Wildman–Crippen LogP) is 3.21. The minimum absolute atomic E-state index is 0.00873. The van der Waals surface area contributed by atoms with Crippen molar-refractivity contribution in [1.82, 2.24) is 0 Å². The van der Waals surface area contributed by atoms with Crippen molar-refractivity contribution in [3.63, 3.8) is 0 Å². The third kappa shape index (κ3) is 1.97. The van der Waals surface area contributed by atoms with Gasteiger partial charge in [-0.05, 0) is 18.9 Å². The lowest BCUT2D eigenvalue weighted by Crippen LogP contribution is -2.67. The van der Waals surface area contributed by atoms with Crippen molar-refractivity contribution in [3.8, 4) is 0 Å². The van der Waals surface area contributed by atoms with E-state index in [0.717, 1.165) is 19.4 Å². The number of nitrogens with zero attached hydrogens (tertiary/aromatic N) is 1. The smallest absolute Gasteiger partial charge is 0.292 e. The quantitative estimate of drug-likeness (QED) is 0.680. The number of hydrogen-bond acceptors (Lipinski definition) is 4. The Bertz CT molecular complexity index is 530. The van der Waals surface area contributed by atoms with Crippen molar-refractivity contribution in [2.75, 3.05) is 11.9 Å². The van der Waals surface area contributed by atoms with E-state index in [1.54, 1.807) is 18.2 Å². The van der Waals surface area contributed by atoms with Crippen molar-refractivity contribution in [1.29, 1.82) is 0 Å². The number of nitro groups is 1. The molecule has 2 fully saturated rings. The Hall–Kier alpha value is -1.62. The minimum Gasteiger partial charge on any atom is -0.377 e. The molecule has 0 bridgehead atoms. The second kappa shape index (κ2) is 4.74. The monoisotopic (exact) mass is 276 g/mol. The summed E-state index contributed by atoms with van der Waals surface area (Å²) in [5.41, 5.74) is 0.762. The summed E-state index contributed by atoms with van der Waals surface area (Å²) >= 11 is 0. The molecule has 2 aliphatic rings. The van der Waals surface area contributed by atoms with E-state index >= 15 is 0 Å². The zero-order valence-corrected chi connectivity index (χ0v) is 11.8. The molecule has 1 aromatic carbocycles. The number of fused-ring (bicyclic) bond motifs is 1. The zero-order chi connectivity index (χ0) is 14.3. The van der Waals surface area contributed by atoms with E-state index in [0.29, 0.717) is 11.6 Å². The van der Waals surface area contributed by atoms with E-state index in [4.69, 9.17) is 4.74 Å². The second-order valence-electron chi connectivity index (χ2n) is 6.32. The highest BCUT2D eigenvalue weighted by molar-refractivity contribution is 5.62. The van der Waals surface area contributed by atoms with Gasteiger partial charge in [0.05, 0.1) is 11.0 Å². The van der Waals surface area contributed by atoms with Crippen LogP contribution in [0.25, 0.3) is 0 Å². The van der Waals surface area contributed by atoms with Crippen LogP contribution in [-0.4, -0.2) is 23.7 Å². The molecule has 5 heteroatoms. The van der Waals surface area contributed by atoms with Gasteiger partial charge in [-0.2, -0.15) is 0 Å². The number of hydrogen-bond donors (Lipinski definition) is 1. The van der Waals surface area contributed by atoms with Crippen LogP contribution in [0, 0.1) is 21.4 Å². The van der Waals surface area contributed by atoms with E-state index < -0.39 is 0 Å². The van der Waals surface area contributed by atoms with Gasteiger partial charge in [0, 0.05) is 30.0 Å². The van der Waals surface area contributed by atoms with Crippen LogP contribution < -0.4 is 5.32 Å². The van der Waals surface area contributed by atoms with Crippen LogP contribution in [0.1, 0.15) is 26.7 Å². The van der Waals surface area contributed by atoms with Crippen molar-refractivity contribution in [3.05, 3.63) is 34.4 Å². The summed E-state index contributed by atoms with van der Waals surface area (Å²) in [5, 5.41) is 14.5. The lowest BCUT2D eigenvalue weighted by atomic mass is 9.55. The maximum absolute atomic E-state index is 11.1. The molecule has 3 rings (SSSR count). The van der Waals surface area contributed by atoms with Gasteiger partial charge in [-0.1, -0.05) is 26.0 Å². The number of ether oxygens (including phenoxy) is 1. The van der Waals surface area contributed by atoms with Gasteiger partial charge >= 0.3 is 0 Å². The van der Waals surface area contributed by atoms with Crippen molar-refractivity contribution < 1.29 is 9.66 Å². The highest BCUT2D eigenvalue weighted by atomic mass is 16.6. The molecule has 1 aliphatic carbocycles. The molecule has 1 saturated carbocycles. The number of anilines is 1. The highest BCUT2D eigenvalue weighted by Crippen LogP contribution is 2.52. The number of nitrogens with one attached hydrogen (secondary N) is 1. The Balaban J connectivity index is 1.83. The van der Waals surface area contributed by atoms with Gasteiger partial charge in [0.1, 0.15) is 5.69 Å². The first kappa shape index (κ1) is 13.4. The van der Waals surface area contributed by atoms with Crippen molar-refractivity contribution in [2.24, 2.45) is 11.3 Å². The summed E-state index contributed by atoms with van der Waals surface area (Å²) < 4.78 is 5.86. The first-order chi connectivity index (χ1) is 9.51. The molecule has 108 valence electrons. The molecule has 5 nitrogen and oxygen atoms in total. The fraction of sp³-hybridized carbons (Fsp3) is 0.600. The third-order valence-corrected chi connectivity index (χ3v) is 4.74. The van der Waals surface area contributed by atoms with Gasteiger partial charge in [-0.25, -0.2) is 0 Å². The molecule has 3 atom stereocenters. The summed E-state index contributed by atoms with van der Waals surface area (Å²) in [6, 6.07) is 7.08. The predicted molar refractivity (Wildman–Crippen MR) is 76.8 cm³/mol. The molecular formula is C15H20N2O3. The van der Waals surface area contributed by atoms with Gasteiger partial charge < -0.3 is 10.1 Å². The number of rotatable bonds is 3. The fourth-order valence-corrected chi connectivity index (χ4v) is 3.74. The standard InChI is InChI=1S/C15H20N2O3/c1-15(2)13(10-6-5-9-20-14(10)15)16-11-7-3-4-8-12(11)17(18)19/h3-4,7-8,10,13-14,16H,5-6,9H2,1-2H3. The van der Waals surface area contributed by atoms with Gasteiger partial charge in [0.2, 0.25) is 0 Å². The maximum Gasteiger partial charge on any atom is 0.292 e. The summed E-state index contributed by atoms with van der Waals surface area (Å²) in [7, 11) is 0. The summed E-state index contributed by atoms with van der Waals surface area (Å²) in [6.07, 6.45) is 2.48. The molecule has 1 N–H and O–H groups in total. The van der Waals surface area contributed by atoms with Crippen molar-refractivity contribution >= 4 is 11.4 Å². The third-order valence-electron chi connectivity index (χ3n) is 4.74. The van der Waals surface area contributed by atoms with Crippen LogP contribution in [0.15, 0.2) is 24.3 Å². The average molecular weight is 276 g/mol. The Kier molecular flexibility index (Phi) is 3.17. The van der Waals surface area contributed by atoms with E-state index in [1.807, 2.05) is 6.07 Å². The number of para-hydroxylation sites is 2. The Morgan fingerprint density at radius 3 is 2.90 bits per heavy atom. The zero-order valence-electron chi connectivity index (χ0n) is 11.8. The van der Waals surface area contributed by atoms with E-state index in [9.17, 15) is 10.1 Å². The highest BCUT2D eigenvalue weighted by Gasteiger charge is 2.58. The van der Waals surface area contributed by atoms with E-state index in [-0.39, 0.29) is 28.2 Å². The van der Waals surface area contributed by atoms with Crippen LogP contribution >= 0.6 is 0 Å². The summed E-state index contributed by atoms with van der Waals surface area (Å²) in [4.78, 5) is 10.8. The van der Waals surface area contributed by atoms with Gasteiger partial charge in [0.15, 0.2) is 0 Å². The summed E-state index contributed by atoms with van der Waals surface area (Å²) in [5.74, 6) is 0.457. The van der Waals surface area contributed by atoms with E-state index in [2.05, 4.69) is 19.2 Å². The van der Waals surface area contributed by atoms with Crippen LogP contribution in [0.4, 0.5) is 11.4 Å². The van der Waals surface area contributed by atoms with Gasteiger partial charge in [-0.15, -0.1) is 0 Å². The Labute approximate surface area is 118 Å². The fourth-order valence-electron chi connectivity index (χ4n) is 3.74. The molecule has 3 unspecified atom stereocenters. The molecule has 0 spiro atoms. The maximum atomic E-state index is 11.1. The molecule has 0 aromatic heterocycles. The molecule has 20 heavy (non-hydrogen) atoms. The molecular weight excluding hydrogens is 256 g/mol. The van der Waals surface area contributed by atoms with Crippen molar-refractivity contribution in [2.45, 2.75) is 38.8 Å². The number of benzene rings is 1. The van der Waals surface area contributed by atoms with Crippen LogP contribution in [-0.2, 0) is 4.74 Å². The van der Waals surface area contributed by atoms with Gasteiger partial charge in [0.25, 0.3) is 5.69 Å². The SMILES string of the molecule is CC1(C)C(Nc2ccccc2[N+](=O)[O-])C2CCCOC21. The van der Waals surface area contributed by atoms with E-state index in [1.165, 1.54) is 0 Å². The topological polar surface area (TPSA) is 64.4 Å². The van der Waals surface area contributed by atoms with Crippen LogP contribution in [0.2, 0.25) is 0 Å². The Morgan fingerprint density at radius 2 is 2.15 bits per heavy atom. The molecule has 1 aromatic rings. The lowest BCUT2D eigenvalue weighted by molar-refractivity contribution is -0.384. The first-order valence-electron chi connectivity index (χ1n) is 7.13. The number of nitro benzene ring substituents is 1. The Morgan fingerprint density at radius 1 is 1.40 bits per heavy atom. The molecule has 1 aliphatic heterocycles. The molecule has 1 saturated heterocycles. The minimum atomic E-state index is -0.331.